The van der Waals surface area contributed by atoms with Crippen molar-refractivity contribution in [2.75, 3.05) is 51.8 Å². The summed E-state index contributed by atoms with van der Waals surface area (Å²) >= 11 is 0. The Hall–Kier alpha value is -2.16. The van der Waals surface area contributed by atoms with Gasteiger partial charge in [-0.15, -0.1) is 0 Å². The lowest BCUT2D eigenvalue weighted by molar-refractivity contribution is -0.121. The Kier molecular flexibility index (Phi) is 7.79. The molecule has 1 fully saturated rings. The molecule has 1 aliphatic rings. The summed E-state index contributed by atoms with van der Waals surface area (Å²) in [6.07, 6.45) is 5.38. The highest BCUT2D eigenvalue weighted by Gasteiger charge is 2.38. The van der Waals surface area contributed by atoms with E-state index in [1.807, 2.05) is 62.1 Å². The first kappa shape index (κ1) is 22.1. The molecule has 1 atom stereocenters. The van der Waals surface area contributed by atoms with E-state index in [1.54, 1.807) is 24.4 Å². The van der Waals surface area contributed by atoms with Crippen molar-refractivity contribution in [2.24, 2.45) is 0 Å². The largest absolute Gasteiger partial charge is 0.383 e. The van der Waals surface area contributed by atoms with Crippen LogP contribution in [0.15, 0.2) is 54.3 Å². The summed E-state index contributed by atoms with van der Waals surface area (Å²) < 4.78 is 27.7. The van der Waals surface area contributed by atoms with Crippen LogP contribution in [0.4, 0.5) is 5.69 Å². The fourth-order valence-electron chi connectivity index (χ4n) is 3.16. The number of carbonyl (C=O) groups excluding carboxylic acids is 1. The predicted molar refractivity (Wildman–Crippen MR) is 116 cm³/mol. The smallest absolute Gasteiger partial charge is 0.244 e. The molecule has 1 N–H and O–H groups in total. The number of hydrogen-bond acceptors (Lipinski definition) is 5. The molecule has 1 amide bonds. The number of hydrogen-bond donors (Lipinski definition) is 1. The van der Waals surface area contributed by atoms with E-state index in [4.69, 9.17) is 0 Å². The fourth-order valence-corrected chi connectivity index (χ4v) is 4.83. The summed E-state index contributed by atoms with van der Waals surface area (Å²) in [7, 11) is 1.93. The van der Waals surface area contributed by atoms with Gasteiger partial charge in [-0.25, -0.2) is 8.42 Å². The lowest BCUT2D eigenvalue weighted by Gasteiger charge is -2.38. The van der Waals surface area contributed by atoms with Gasteiger partial charge in [-0.2, -0.15) is 4.31 Å². The first-order valence-electron chi connectivity index (χ1n) is 9.26. The van der Waals surface area contributed by atoms with Gasteiger partial charge >= 0.3 is 0 Å². The maximum atomic E-state index is 13.2. The summed E-state index contributed by atoms with van der Waals surface area (Å²) in [4.78, 5) is 16.7. The standard InChI is InChI=1S/C20H30N4O3S.H2/c1-5-9-17(14-22(2)3)16-28(26,27)24-13-12-23(4)15-19(24)20(25)21-18-10-7-6-8-11-18;/h5-11,14,19H,12-13,15-16H2,1-4H3,(H,21,25);1H/b9-5-,17-14+;. The zero-order chi connectivity index (χ0) is 20.7. The molecule has 1 aromatic rings. The number of nitrogens with zero attached hydrogens (tertiary/aromatic N) is 3. The SMILES string of the molecule is C/C=C\C(=C/N(C)C)CS(=O)(=O)N1CCN(C)CC1C(=O)Nc1ccccc1.[HH]. The number of rotatable bonds is 7. The quantitative estimate of drug-likeness (QED) is 0.697. The minimum atomic E-state index is -3.66. The maximum absolute atomic E-state index is 13.2. The Bertz CT molecular complexity index is 825. The molecular formula is C20H32N4O3S. The Balaban J connectivity index is 0.00000420. The van der Waals surface area contributed by atoms with Gasteiger partial charge in [-0.05, 0) is 31.7 Å². The number of allylic oxidation sites excluding steroid dienone is 2. The van der Waals surface area contributed by atoms with E-state index < -0.39 is 16.1 Å². The van der Waals surface area contributed by atoms with E-state index in [0.29, 0.717) is 24.4 Å². The van der Waals surface area contributed by atoms with E-state index in [2.05, 4.69) is 5.32 Å². The number of carbonyl (C=O) groups is 1. The van der Waals surface area contributed by atoms with E-state index in [9.17, 15) is 13.2 Å². The molecule has 1 aliphatic heterocycles. The van der Waals surface area contributed by atoms with Gasteiger partial charge < -0.3 is 15.1 Å². The average molecular weight is 409 g/mol. The molecule has 0 bridgehead atoms. The number of benzene rings is 1. The van der Waals surface area contributed by atoms with Crippen LogP contribution in [0.5, 0.6) is 0 Å². The molecule has 8 heteroatoms. The molecule has 1 unspecified atom stereocenters. The first-order chi connectivity index (χ1) is 13.2. The van der Waals surface area contributed by atoms with Crippen LogP contribution in [-0.4, -0.2) is 81.0 Å². The van der Waals surface area contributed by atoms with Gasteiger partial charge in [0.25, 0.3) is 0 Å². The van der Waals surface area contributed by atoms with E-state index >= 15 is 0 Å². The third kappa shape index (κ3) is 6.19. The van der Waals surface area contributed by atoms with Gasteiger partial charge in [0.1, 0.15) is 6.04 Å². The third-order valence-corrected chi connectivity index (χ3v) is 6.24. The molecule has 0 saturated carbocycles. The normalized spacial score (nSPS) is 19.7. The number of anilines is 1. The monoisotopic (exact) mass is 408 g/mol. The van der Waals surface area contributed by atoms with Crippen molar-refractivity contribution < 1.29 is 14.6 Å². The summed E-state index contributed by atoms with van der Waals surface area (Å²) in [6.45, 7) is 3.08. The van der Waals surface area contributed by atoms with Gasteiger partial charge in [0.2, 0.25) is 15.9 Å². The molecule has 1 heterocycles. The summed E-state index contributed by atoms with van der Waals surface area (Å²) in [5, 5.41) is 2.84. The molecular weight excluding hydrogens is 376 g/mol. The number of amides is 1. The van der Waals surface area contributed by atoms with Crippen molar-refractivity contribution >= 4 is 21.6 Å². The topological polar surface area (TPSA) is 73.0 Å². The third-order valence-electron chi connectivity index (χ3n) is 4.39. The second-order valence-electron chi connectivity index (χ2n) is 7.17. The van der Waals surface area contributed by atoms with Crippen LogP contribution in [0, 0.1) is 0 Å². The number of nitrogens with one attached hydrogen (secondary N) is 1. The van der Waals surface area contributed by atoms with Crippen LogP contribution >= 0.6 is 0 Å². The number of sulfonamides is 1. The van der Waals surface area contributed by atoms with Crippen molar-refractivity contribution in [1.82, 2.24) is 14.1 Å². The zero-order valence-corrected chi connectivity index (χ0v) is 17.8. The lowest BCUT2D eigenvalue weighted by atomic mass is 10.2. The molecule has 2 rings (SSSR count). The van der Waals surface area contributed by atoms with Crippen LogP contribution in [-0.2, 0) is 14.8 Å². The Morgan fingerprint density at radius 2 is 1.96 bits per heavy atom. The molecule has 0 aliphatic carbocycles. The van der Waals surface area contributed by atoms with Crippen LogP contribution in [0.2, 0.25) is 0 Å². The average Bonchev–Trinajstić information content (AvgIpc) is 2.61. The molecule has 0 aromatic heterocycles. The Morgan fingerprint density at radius 3 is 2.57 bits per heavy atom. The van der Waals surface area contributed by atoms with Crippen molar-refractivity contribution in [1.29, 1.82) is 0 Å². The second-order valence-corrected chi connectivity index (χ2v) is 9.09. The highest BCUT2D eigenvalue weighted by molar-refractivity contribution is 7.89. The predicted octanol–water partition coefficient (Wildman–Crippen LogP) is 1.84. The van der Waals surface area contributed by atoms with Crippen molar-refractivity contribution in [3.63, 3.8) is 0 Å². The van der Waals surface area contributed by atoms with Gasteiger partial charge in [0, 0.05) is 47.0 Å². The molecule has 7 nitrogen and oxygen atoms in total. The number of piperazine rings is 1. The van der Waals surface area contributed by atoms with Gasteiger partial charge in [-0.1, -0.05) is 30.4 Å². The van der Waals surface area contributed by atoms with Crippen LogP contribution in [0.1, 0.15) is 8.35 Å². The molecule has 0 spiro atoms. The maximum Gasteiger partial charge on any atom is 0.244 e. The first-order valence-corrected chi connectivity index (χ1v) is 10.9. The van der Waals surface area contributed by atoms with Crippen molar-refractivity contribution in [3.05, 3.63) is 54.3 Å². The lowest BCUT2D eigenvalue weighted by Crippen LogP contribution is -2.59. The highest BCUT2D eigenvalue weighted by Crippen LogP contribution is 2.19. The molecule has 1 aromatic carbocycles. The van der Waals surface area contributed by atoms with Crippen LogP contribution < -0.4 is 5.32 Å². The van der Waals surface area contributed by atoms with E-state index in [1.165, 1.54) is 4.31 Å². The number of likely N-dealkylation sites (N-methyl/N-ethyl adjacent to an activating group) is 1. The van der Waals surface area contributed by atoms with Crippen molar-refractivity contribution in [3.8, 4) is 0 Å². The van der Waals surface area contributed by atoms with Crippen molar-refractivity contribution in [2.45, 2.75) is 13.0 Å². The highest BCUT2D eigenvalue weighted by atomic mass is 32.2. The van der Waals surface area contributed by atoms with Crippen LogP contribution in [0.25, 0.3) is 0 Å². The van der Waals surface area contributed by atoms with E-state index in [-0.39, 0.29) is 19.6 Å². The Labute approximate surface area is 169 Å². The Morgan fingerprint density at radius 1 is 1.29 bits per heavy atom. The minimum Gasteiger partial charge on any atom is -0.383 e. The fraction of sp³-hybridized carbons (Fsp3) is 0.450. The minimum absolute atomic E-state index is 0. The zero-order valence-electron chi connectivity index (χ0n) is 17.0. The molecule has 0 radical (unpaired) electrons. The summed E-state index contributed by atoms with van der Waals surface area (Å²) in [5.74, 6) is -0.459. The van der Waals surface area contributed by atoms with Gasteiger partial charge in [-0.3, -0.25) is 4.79 Å². The van der Waals surface area contributed by atoms with Gasteiger partial charge in [0.05, 0.1) is 5.75 Å². The second kappa shape index (κ2) is 9.86. The molecule has 156 valence electrons. The van der Waals surface area contributed by atoms with E-state index in [0.717, 1.165) is 0 Å². The van der Waals surface area contributed by atoms with Gasteiger partial charge in [0.15, 0.2) is 0 Å². The summed E-state index contributed by atoms with van der Waals surface area (Å²) in [5.41, 5.74) is 1.33. The molecule has 28 heavy (non-hydrogen) atoms. The molecule has 1 saturated heterocycles. The van der Waals surface area contributed by atoms with Crippen LogP contribution in [0.3, 0.4) is 0 Å². The number of para-hydroxylation sites is 1. The summed E-state index contributed by atoms with van der Waals surface area (Å²) in [6, 6.07) is 8.32.